The largest absolute Gasteiger partial charge is 0.493 e. The van der Waals surface area contributed by atoms with E-state index in [1.54, 1.807) is 0 Å². The highest BCUT2D eigenvalue weighted by molar-refractivity contribution is 6.36. The van der Waals surface area contributed by atoms with Crippen LogP contribution in [0.3, 0.4) is 0 Å². The molecule has 0 aliphatic carbocycles. The molecule has 0 unspecified atom stereocenters. The standard InChI is InChI=1S/C27H32N2O4/c1-18(2)17-33-22-11-9-21(10-12-22)24-25(28-14-13-20-7-5-6-8-23(20)28)27(31)29(26(24)30)15-16-32-19(3)4/h5-12,18-19H,13-17H2,1-4H3. The fourth-order valence-corrected chi connectivity index (χ4v) is 4.21. The molecule has 0 bridgehead atoms. The van der Waals surface area contributed by atoms with E-state index in [-0.39, 0.29) is 24.5 Å². The van der Waals surface area contributed by atoms with Crippen molar-refractivity contribution in [1.29, 1.82) is 0 Å². The Bertz CT molecular complexity index is 1060. The summed E-state index contributed by atoms with van der Waals surface area (Å²) in [6, 6.07) is 15.5. The van der Waals surface area contributed by atoms with Crippen LogP contribution in [0.25, 0.3) is 5.57 Å². The van der Waals surface area contributed by atoms with Gasteiger partial charge < -0.3 is 14.4 Å². The Morgan fingerprint density at radius 3 is 2.36 bits per heavy atom. The number of benzene rings is 2. The van der Waals surface area contributed by atoms with Gasteiger partial charge >= 0.3 is 0 Å². The molecular formula is C27H32N2O4. The number of carbonyl (C=O) groups is 2. The number of hydrogen-bond acceptors (Lipinski definition) is 5. The Balaban J connectivity index is 1.69. The summed E-state index contributed by atoms with van der Waals surface area (Å²) in [7, 11) is 0. The van der Waals surface area contributed by atoms with Gasteiger partial charge in [-0.2, -0.15) is 0 Å². The fraction of sp³-hybridized carbons (Fsp3) is 0.407. The predicted molar refractivity (Wildman–Crippen MR) is 129 cm³/mol. The van der Waals surface area contributed by atoms with Crippen LogP contribution in [0.5, 0.6) is 5.75 Å². The molecule has 0 spiro atoms. The van der Waals surface area contributed by atoms with Gasteiger partial charge in [0.05, 0.1) is 31.4 Å². The van der Waals surface area contributed by atoms with Crippen molar-refractivity contribution < 1.29 is 19.1 Å². The third-order valence-electron chi connectivity index (χ3n) is 5.79. The van der Waals surface area contributed by atoms with E-state index in [2.05, 4.69) is 19.9 Å². The number of fused-ring (bicyclic) bond motifs is 1. The van der Waals surface area contributed by atoms with Gasteiger partial charge in [0, 0.05) is 12.2 Å². The maximum Gasteiger partial charge on any atom is 0.278 e. The summed E-state index contributed by atoms with van der Waals surface area (Å²) in [5, 5.41) is 0. The number of carbonyl (C=O) groups excluding carboxylic acids is 2. The predicted octanol–water partition coefficient (Wildman–Crippen LogP) is 4.29. The second kappa shape index (κ2) is 9.79. The lowest BCUT2D eigenvalue weighted by Gasteiger charge is -2.22. The molecule has 0 saturated heterocycles. The molecule has 4 rings (SSSR count). The molecule has 2 aromatic rings. The Labute approximate surface area is 195 Å². The summed E-state index contributed by atoms with van der Waals surface area (Å²) < 4.78 is 11.4. The van der Waals surface area contributed by atoms with E-state index < -0.39 is 0 Å². The molecular weight excluding hydrogens is 416 g/mol. The molecule has 33 heavy (non-hydrogen) atoms. The number of imide groups is 1. The number of rotatable bonds is 9. The molecule has 0 atom stereocenters. The topological polar surface area (TPSA) is 59.1 Å². The second-order valence-corrected chi connectivity index (χ2v) is 9.16. The average molecular weight is 449 g/mol. The van der Waals surface area contributed by atoms with Crippen LogP contribution in [0.2, 0.25) is 0 Å². The molecule has 2 aliphatic heterocycles. The third-order valence-corrected chi connectivity index (χ3v) is 5.79. The van der Waals surface area contributed by atoms with E-state index in [0.29, 0.717) is 36.9 Å². The van der Waals surface area contributed by atoms with Gasteiger partial charge in [-0.25, -0.2) is 0 Å². The maximum atomic E-state index is 13.5. The van der Waals surface area contributed by atoms with Gasteiger partial charge in [0.1, 0.15) is 11.4 Å². The normalized spacial score (nSPS) is 15.9. The zero-order valence-electron chi connectivity index (χ0n) is 19.8. The van der Waals surface area contributed by atoms with Crippen LogP contribution in [0, 0.1) is 5.92 Å². The Morgan fingerprint density at radius 2 is 1.67 bits per heavy atom. The first-order chi connectivity index (χ1) is 15.9. The van der Waals surface area contributed by atoms with Gasteiger partial charge in [-0.15, -0.1) is 0 Å². The molecule has 0 aromatic heterocycles. The van der Waals surface area contributed by atoms with Crippen molar-refractivity contribution >= 4 is 23.1 Å². The van der Waals surface area contributed by atoms with Crippen molar-refractivity contribution in [2.24, 2.45) is 5.92 Å². The van der Waals surface area contributed by atoms with E-state index >= 15 is 0 Å². The number of anilines is 1. The highest BCUT2D eigenvalue weighted by Crippen LogP contribution is 2.38. The Kier molecular flexibility index (Phi) is 6.84. The summed E-state index contributed by atoms with van der Waals surface area (Å²) in [6.07, 6.45) is 0.876. The molecule has 2 amide bonds. The van der Waals surface area contributed by atoms with Crippen LogP contribution in [0.1, 0.15) is 38.8 Å². The number of para-hydroxylation sites is 1. The SMILES string of the molecule is CC(C)COc1ccc(C2=C(N3CCc4ccccc43)C(=O)N(CCOC(C)C)C2=O)cc1. The second-order valence-electron chi connectivity index (χ2n) is 9.16. The summed E-state index contributed by atoms with van der Waals surface area (Å²) in [5.74, 6) is 0.631. The van der Waals surface area contributed by atoms with Gasteiger partial charge in [-0.3, -0.25) is 14.5 Å². The quantitative estimate of drug-likeness (QED) is 0.536. The minimum absolute atomic E-state index is 0.0357. The van der Waals surface area contributed by atoms with Crippen molar-refractivity contribution in [2.45, 2.75) is 40.2 Å². The van der Waals surface area contributed by atoms with E-state index in [1.807, 2.05) is 61.2 Å². The van der Waals surface area contributed by atoms with Crippen molar-refractivity contribution in [1.82, 2.24) is 4.90 Å². The first-order valence-electron chi connectivity index (χ1n) is 11.7. The zero-order chi connectivity index (χ0) is 23.5. The van der Waals surface area contributed by atoms with Gasteiger partial charge in [0.15, 0.2) is 0 Å². The van der Waals surface area contributed by atoms with E-state index in [1.165, 1.54) is 10.5 Å². The van der Waals surface area contributed by atoms with E-state index in [4.69, 9.17) is 9.47 Å². The van der Waals surface area contributed by atoms with E-state index in [9.17, 15) is 9.59 Å². The minimum Gasteiger partial charge on any atom is -0.493 e. The summed E-state index contributed by atoms with van der Waals surface area (Å²) in [6.45, 7) is 9.91. The van der Waals surface area contributed by atoms with Crippen molar-refractivity contribution in [2.75, 3.05) is 31.2 Å². The molecule has 0 saturated carbocycles. The highest BCUT2D eigenvalue weighted by atomic mass is 16.5. The molecule has 0 N–H and O–H groups in total. The van der Waals surface area contributed by atoms with E-state index in [0.717, 1.165) is 23.4 Å². The minimum atomic E-state index is -0.275. The molecule has 2 aliphatic rings. The summed E-state index contributed by atoms with van der Waals surface area (Å²) in [5.41, 5.74) is 3.78. The smallest absolute Gasteiger partial charge is 0.278 e. The lowest BCUT2D eigenvalue weighted by atomic mass is 10.0. The molecule has 6 nitrogen and oxygen atoms in total. The van der Waals surface area contributed by atoms with Crippen LogP contribution < -0.4 is 9.64 Å². The monoisotopic (exact) mass is 448 g/mol. The first kappa shape index (κ1) is 23.1. The molecule has 6 heteroatoms. The van der Waals surface area contributed by atoms with Crippen molar-refractivity contribution in [3.63, 3.8) is 0 Å². The third kappa shape index (κ3) is 4.81. The van der Waals surface area contributed by atoms with Gasteiger partial charge in [-0.05, 0) is 55.5 Å². The highest BCUT2D eigenvalue weighted by Gasteiger charge is 2.43. The average Bonchev–Trinajstić information content (AvgIpc) is 3.31. The first-order valence-corrected chi connectivity index (χ1v) is 11.7. The summed E-state index contributed by atoms with van der Waals surface area (Å²) in [4.78, 5) is 30.4. The molecule has 2 heterocycles. The van der Waals surface area contributed by atoms with Crippen LogP contribution >= 0.6 is 0 Å². The summed E-state index contributed by atoms with van der Waals surface area (Å²) >= 11 is 0. The molecule has 174 valence electrons. The molecule has 0 radical (unpaired) electrons. The van der Waals surface area contributed by atoms with Crippen LogP contribution in [-0.4, -0.2) is 49.1 Å². The van der Waals surface area contributed by atoms with Gasteiger partial charge in [0.2, 0.25) is 0 Å². The number of amides is 2. The maximum absolute atomic E-state index is 13.5. The van der Waals surface area contributed by atoms with Gasteiger partial charge in [0.25, 0.3) is 11.8 Å². The number of nitrogens with zero attached hydrogens (tertiary/aromatic N) is 2. The fourth-order valence-electron chi connectivity index (χ4n) is 4.21. The molecule has 0 fully saturated rings. The van der Waals surface area contributed by atoms with Crippen molar-refractivity contribution in [3.05, 3.63) is 65.4 Å². The van der Waals surface area contributed by atoms with Crippen LogP contribution in [0.15, 0.2) is 54.2 Å². The lowest BCUT2D eigenvalue weighted by molar-refractivity contribution is -0.138. The Hall–Kier alpha value is -3.12. The number of ether oxygens (including phenoxy) is 2. The van der Waals surface area contributed by atoms with Crippen LogP contribution in [0.4, 0.5) is 5.69 Å². The number of hydrogen-bond donors (Lipinski definition) is 0. The van der Waals surface area contributed by atoms with Crippen molar-refractivity contribution in [3.8, 4) is 5.75 Å². The lowest BCUT2D eigenvalue weighted by Crippen LogP contribution is -2.37. The van der Waals surface area contributed by atoms with Gasteiger partial charge in [-0.1, -0.05) is 44.2 Å². The van der Waals surface area contributed by atoms with Crippen LogP contribution in [-0.2, 0) is 20.7 Å². The Morgan fingerprint density at radius 1 is 0.939 bits per heavy atom. The molecule has 2 aromatic carbocycles. The zero-order valence-corrected chi connectivity index (χ0v) is 19.8.